The summed E-state index contributed by atoms with van der Waals surface area (Å²) in [5.41, 5.74) is 7.47. The summed E-state index contributed by atoms with van der Waals surface area (Å²) in [5, 5.41) is 7.02. The molecule has 2 N–H and O–H groups in total. The van der Waals surface area contributed by atoms with Crippen LogP contribution in [0.25, 0.3) is 11.1 Å². The molecule has 2 fully saturated rings. The van der Waals surface area contributed by atoms with Crippen LogP contribution in [0.15, 0.2) is 48.5 Å². The highest BCUT2D eigenvalue weighted by molar-refractivity contribution is 6.32. The molecule has 3 aromatic carbocycles. The second kappa shape index (κ2) is 14.2. The van der Waals surface area contributed by atoms with E-state index in [-0.39, 0.29) is 18.1 Å². The van der Waals surface area contributed by atoms with Crippen molar-refractivity contribution in [3.63, 3.8) is 0 Å². The second-order valence-corrected chi connectivity index (χ2v) is 13.9. The molecule has 1 aliphatic carbocycles. The molecular weight excluding hydrogens is 598 g/mol. The molecule has 0 saturated carbocycles. The summed E-state index contributed by atoms with van der Waals surface area (Å²) in [6.07, 6.45) is 5.47. The fourth-order valence-corrected chi connectivity index (χ4v) is 7.31. The fourth-order valence-electron chi connectivity index (χ4n) is 7.08. The van der Waals surface area contributed by atoms with Gasteiger partial charge in [-0.1, -0.05) is 41.9 Å². The van der Waals surface area contributed by atoms with Gasteiger partial charge in [0.1, 0.15) is 23.4 Å². The zero-order valence-corrected chi connectivity index (χ0v) is 28.5. The Morgan fingerprint density at radius 2 is 1.85 bits per heavy atom. The average Bonchev–Trinajstić information content (AvgIpc) is 3.65. The summed E-state index contributed by atoms with van der Waals surface area (Å²) in [4.78, 5) is 14.1. The predicted octanol–water partition coefficient (Wildman–Crippen LogP) is 7.40. The number of rotatable bonds is 14. The van der Waals surface area contributed by atoms with Crippen molar-refractivity contribution in [2.75, 3.05) is 32.8 Å². The number of nitrogens with zero attached hydrogens (tertiary/aromatic N) is 1. The van der Waals surface area contributed by atoms with Gasteiger partial charge < -0.3 is 24.8 Å². The number of hydrogen-bond acceptors (Lipinski definition) is 6. The highest BCUT2D eigenvalue weighted by Gasteiger charge is 2.35. The van der Waals surface area contributed by atoms with Crippen LogP contribution in [0.3, 0.4) is 0 Å². The van der Waals surface area contributed by atoms with Gasteiger partial charge in [0.25, 0.3) is 0 Å². The number of carbonyl (C=O) groups is 1. The molecule has 8 heteroatoms. The van der Waals surface area contributed by atoms with Crippen LogP contribution in [0.2, 0.25) is 5.02 Å². The average molecular weight is 646 g/mol. The molecule has 246 valence electrons. The molecular formula is C38H48ClN3O4. The quantitative estimate of drug-likeness (QED) is 0.178. The van der Waals surface area contributed by atoms with Gasteiger partial charge in [-0.3, -0.25) is 9.69 Å². The van der Waals surface area contributed by atoms with Gasteiger partial charge in [0.05, 0.1) is 18.2 Å². The first kappa shape index (κ1) is 32.7. The number of halogens is 1. The minimum atomic E-state index is -0.0950. The van der Waals surface area contributed by atoms with Gasteiger partial charge in [0.2, 0.25) is 5.91 Å². The van der Waals surface area contributed by atoms with Crippen molar-refractivity contribution >= 4 is 17.5 Å². The lowest BCUT2D eigenvalue weighted by molar-refractivity contribution is -0.119. The summed E-state index contributed by atoms with van der Waals surface area (Å²) in [6.45, 7) is 13.6. The maximum Gasteiger partial charge on any atom is 0.220 e. The number of benzene rings is 3. The highest BCUT2D eigenvalue weighted by atomic mass is 35.5. The Bertz CT molecular complexity index is 1560. The van der Waals surface area contributed by atoms with Gasteiger partial charge in [-0.25, -0.2) is 0 Å². The van der Waals surface area contributed by atoms with Crippen molar-refractivity contribution in [1.29, 1.82) is 0 Å². The third kappa shape index (κ3) is 7.17. The molecule has 0 bridgehead atoms. The first-order chi connectivity index (χ1) is 22.2. The molecule has 1 amide bonds. The van der Waals surface area contributed by atoms with Crippen molar-refractivity contribution in [2.24, 2.45) is 0 Å². The number of fused-ring (bicyclic) bond motifs is 1. The van der Waals surface area contributed by atoms with E-state index in [9.17, 15) is 4.79 Å². The van der Waals surface area contributed by atoms with Crippen LogP contribution in [-0.4, -0.2) is 55.2 Å². The van der Waals surface area contributed by atoms with E-state index >= 15 is 0 Å². The number of likely N-dealkylation sites (tertiary alicyclic amines) is 1. The molecule has 46 heavy (non-hydrogen) atoms. The zero-order chi connectivity index (χ0) is 32.3. The topological polar surface area (TPSA) is 72.1 Å². The molecule has 3 aliphatic rings. The summed E-state index contributed by atoms with van der Waals surface area (Å²) < 4.78 is 18.9. The van der Waals surface area contributed by atoms with Crippen LogP contribution in [0, 0.1) is 6.92 Å². The van der Waals surface area contributed by atoms with Crippen LogP contribution in [0.1, 0.15) is 81.2 Å². The maximum absolute atomic E-state index is 11.5. The Labute approximate surface area is 278 Å². The lowest BCUT2D eigenvalue weighted by atomic mass is 9.89. The fraction of sp³-hybridized carbons (Fsp3) is 0.500. The number of nitrogens with one attached hydrogen (secondary N) is 2. The molecule has 1 unspecified atom stereocenters. The third-order valence-corrected chi connectivity index (χ3v) is 10.2. The molecule has 2 aliphatic heterocycles. The first-order valence-electron chi connectivity index (χ1n) is 16.9. The Morgan fingerprint density at radius 1 is 1.02 bits per heavy atom. The first-order valence-corrected chi connectivity index (χ1v) is 17.3. The molecule has 2 atom stereocenters. The summed E-state index contributed by atoms with van der Waals surface area (Å²) in [6, 6.07) is 17.0. The zero-order valence-electron chi connectivity index (χ0n) is 27.7. The number of amides is 1. The lowest BCUT2D eigenvalue weighted by Crippen LogP contribution is -2.55. The molecule has 6 rings (SSSR count). The molecule has 3 aromatic rings. The van der Waals surface area contributed by atoms with E-state index in [1.807, 2.05) is 19.1 Å². The molecule has 0 spiro atoms. The van der Waals surface area contributed by atoms with Crippen molar-refractivity contribution < 1.29 is 19.0 Å². The van der Waals surface area contributed by atoms with E-state index in [1.165, 1.54) is 40.8 Å². The van der Waals surface area contributed by atoms with E-state index < -0.39 is 0 Å². The van der Waals surface area contributed by atoms with Crippen LogP contribution in [-0.2, 0) is 17.8 Å². The van der Waals surface area contributed by atoms with E-state index in [1.54, 1.807) is 0 Å². The van der Waals surface area contributed by atoms with Crippen molar-refractivity contribution in [3.8, 4) is 28.4 Å². The van der Waals surface area contributed by atoms with Gasteiger partial charge in [0.15, 0.2) is 0 Å². The van der Waals surface area contributed by atoms with Crippen molar-refractivity contribution in [1.82, 2.24) is 15.5 Å². The van der Waals surface area contributed by atoms with Crippen LogP contribution in [0.5, 0.6) is 17.2 Å². The van der Waals surface area contributed by atoms with Crippen LogP contribution < -0.4 is 24.8 Å². The monoisotopic (exact) mass is 645 g/mol. The largest absolute Gasteiger partial charge is 0.493 e. The van der Waals surface area contributed by atoms with Crippen molar-refractivity contribution in [2.45, 2.75) is 90.4 Å². The third-order valence-electron chi connectivity index (χ3n) is 9.94. The second-order valence-electron chi connectivity index (χ2n) is 13.5. The minimum Gasteiger partial charge on any atom is -0.493 e. The highest BCUT2D eigenvalue weighted by Crippen LogP contribution is 2.44. The molecule has 2 heterocycles. The van der Waals surface area contributed by atoms with Gasteiger partial charge in [-0.05, 0) is 99.7 Å². The van der Waals surface area contributed by atoms with Crippen molar-refractivity contribution in [3.05, 3.63) is 75.8 Å². The van der Waals surface area contributed by atoms with Crippen LogP contribution >= 0.6 is 11.6 Å². The SMILES string of the molecule is CCOc1cc(O[C@H]2CCc3c(-c4cccc(OCCCN5CCC5(C)C)c4C)cccc32)c(Cl)cc1CNCC1CCC(=O)N1. The Kier molecular flexibility index (Phi) is 10.1. The van der Waals surface area contributed by atoms with Gasteiger partial charge in [-0.2, -0.15) is 0 Å². The normalized spacial score (nSPS) is 20.2. The molecule has 0 aromatic heterocycles. The number of hydrogen-bond donors (Lipinski definition) is 2. The van der Waals surface area contributed by atoms with Crippen LogP contribution in [0.4, 0.5) is 0 Å². The number of carbonyl (C=O) groups excluding carboxylic acids is 1. The Morgan fingerprint density at radius 3 is 2.59 bits per heavy atom. The van der Waals surface area contributed by atoms with E-state index in [0.29, 0.717) is 42.4 Å². The summed E-state index contributed by atoms with van der Waals surface area (Å²) >= 11 is 6.81. The Balaban J connectivity index is 1.13. The van der Waals surface area contributed by atoms with Gasteiger partial charge >= 0.3 is 0 Å². The smallest absolute Gasteiger partial charge is 0.220 e. The summed E-state index contributed by atoms with van der Waals surface area (Å²) in [7, 11) is 0. The van der Waals surface area contributed by atoms with Gasteiger partial charge in [-0.15, -0.1) is 0 Å². The van der Waals surface area contributed by atoms with E-state index in [2.05, 4.69) is 72.7 Å². The molecule has 2 saturated heterocycles. The maximum atomic E-state index is 11.5. The van der Waals surface area contributed by atoms with E-state index in [0.717, 1.165) is 55.9 Å². The van der Waals surface area contributed by atoms with Gasteiger partial charge in [0, 0.05) is 55.8 Å². The summed E-state index contributed by atoms with van der Waals surface area (Å²) in [5.74, 6) is 2.48. The Hall–Kier alpha value is -3.26. The lowest BCUT2D eigenvalue weighted by Gasteiger charge is -2.48. The minimum absolute atomic E-state index is 0.0950. The molecule has 0 radical (unpaired) electrons. The molecule has 7 nitrogen and oxygen atoms in total. The number of ether oxygens (including phenoxy) is 3. The predicted molar refractivity (Wildman–Crippen MR) is 184 cm³/mol. The standard InChI is InChI=1S/C38H48ClN3O4/c1-5-44-35-22-36(32(39)21-26(35)23-40-24-27-13-16-37(43)41-27)46-34-15-14-30-29(10-6-11-31(30)34)28-9-7-12-33(25(28)2)45-20-8-18-42-19-17-38(42,3)4/h6-7,9-12,21-22,27,34,40H,5,8,13-20,23-24H2,1-4H3,(H,41,43)/t27?,34-/m0/s1. The van der Waals surface area contributed by atoms with E-state index in [4.69, 9.17) is 25.8 Å².